The maximum atomic E-state index is 11.7. The lowest BCUT2D eigenvalue weighted by molar-refractivity contribution is -0.141. The van der Waals surface area contributed by atoms with E-state index in [1.807, 2.05) is 24.5 Å². The molecule has 0 saturated heterocycles. The van der Waals surface area contributed by atoms with Gasteiger partial charge in [-0.1, -0.05) is 0 Å². The quantitative estimate of drug-likeness (QED) is 0.633. The molecular formula is C18H18N2O4S3. The number of carboxylic acids is 1. The minimum Gasteiger partial charge on any atom is -0.497 e. The number of aliphatic carboxylic acids is 1. The van der Waals surface area contributed by atoms with Crippen molar-refractivity contribution in [2.24, 2.45) is 4.99 Å². The Balaban J connectivity index is 2.02. The van der Waals surface area contributed by atoms with Crippen molar-refractivity contribution < 1.29 is 19.7 Å². The third-order valence-corrected chi connectivity index (χ3v) is 6.16. The molecule has 1 unspecified atom stereocenters. The smallest absolute Gasteiger partial charge is 0.326 e. The van der Waals surface area contributed by atoms with Gasteiger partial charge < -0.3 is 14.9 Å². The number of aliphatic imine (C=N–C) groups is 1. The van der Waals surface area contributed by atoms with Gasteiger partial charge >= 0.3 is 5.97 Å². The van der Waals surface area contributed by atoms with Crippen LogP contribution in [-0.2, 0) is 4.79 Å². The summed E-state index contributed by atoms with van der Waals surface area (Å²) in [5.74, 6) is 0.230. The minimum atomic E-state index is -1.01. The van der Waals surface area contributed by atoms with Gasteiger partial charge in [0.1, 0.15) is 11.8 Å². The van der Waals surface area contributed by atoms with Crippen molar-refractivity contribution in [3.05, 3.63) is 32.6 Å². The van der Waals surface area contributed by atoms with Gasteiger partial charge in [-0.25, -0.2) is 4.79 Å². The molecular weight excluding hydrogens is 404 g/mol. The van der Waals surface area contributed by atoms with Gasteiger partial charge in [-0.15, -0.1) is 11.3 Å². The summed E-state index contributed by atoms with van der Waals surface area (Å²) < 4.78 is 6.91. The molecule has 0 radical (unpaired) electrons. The topological polar surface area (TPSA) is 84.0 Å². The lowest BCUT2D eigenvalue weighted by Crippen LogP contribution is -2.19. The Kier molecular flexibility index (Phi) is 6.03. The van der Waals surface area contributed by atoms with Gasteiger partial charge in [-0.3, -0.25) is 9.56 Å². The second-order valence-electron chi connectivity index (χ2n) is 5.80. The van der Waals surface area contributed by atoms with Crippen LogP contribution in [0.4, 0.5) is 5.69 Å². The third-order valence-electron chi connectivity index (χ3n) is 4.18. The van der Waals surface area contributed by atoms with E-state index in [1.54, 1.807) is 31.2 Å². The predicted octanol–water partition coefficient (Wildman–Crippen LogP) is 4.63. The number of allylic oxidation sites excluding steroid dienone is 1. The second kappa shape index (κ2) is 8.28. The highest BCUT2D eigenvalue weighted by Gasteiger charge is 2.25. The Morgan fingerprint density at radius 1 is 1.52 bits per heavy atom. The van der Waals surface area contributed by atoms with E-state index in [4.69, 9.17) is 17.0 Å². The Morgan fingerprint density at radius 2 is 2.30 bits per heavy atom. The summed E-state index contributed by atoms with van der Waals surface area (Å²) in [6, 6.07) is 4.68. The molecule has 0 aliphatic carbocycles. The molecule has 1 aromatic carbocycles. The van der Waals surface area contributed by atoms with E-state index in [0.717, 1.165) is 16.8 Å². The van der Waals surface area contributed by atoms with E-state index < -0.39 is 12.0 Å². The fourth-order valence-corrected chi connectivity index (χ4v) is 4.62. The zero-order valence-electron chi connectivity index (χ0n) is 14.7. The van der Waals surface area contributed by atoms with E-state index in [-0.39, 0.29) is 5.88 Å². The molecule has 2 aromatic rings. The number of nitrogens with zero attached hydrogens (tertiary/aromatic N) is 2. The number of aromatic hydroxyl groups is 1. The van der Waals surface area contributed by atoms with Gasteiger partial charge in [0, 0.05) is 17.4 Å². The number of hydrogen-bond acceptors (Lipinski definition) is 7. The molecule has 0 bridgehead atoms. The van der Waals surface area contributed by atoms with Gasteiger partial charge in [-0.2, -0.15) is 11.8 Å². The number of benzene rings is 1. The van der Waals surface area contributed by atoms with E-state index in [0.29, 0.717) is 26.8 Å². The average Bonchev–Trinajstić information content (AvgIpc) is 3.17. The van der Waals surface area contributed by atoms with Gasteiger partial charge in [-0.05, 0) is 54.9 Å². The molecule has 6 nitrogen and oxygen atoms in total. The first kappa shape index (κ1) is 19.7. The van der Waals surface area contributed by atoms with Crippen molar-refractivity contribution in [2.45, 2.75) is 12.5 Å². The number of aromatic nitrogens is 1. The number of hydrogen-bond donors (Lipinski definition) is 2. The largest absolute Gasteiger partial charge is 0.497 e. The molecule has 1 aliphatic heterocycles. The van der Waals surface area contributed by atoms with Crippen molar-refractivity contribution in [2.75, 3.05) is 19.1 Å². The summed E-state index contributed by atoms with van der Waals surface area (Å²) in [7, 11) is 1.60. The lowest BCUT2D eigenvalue weighted by atomic mass is 10.1. The first-order chi connectivity index (χ1) is 13.0. The summed E-state index contributed by atoms with van der Waals surface area (Å²) in [6.45, 7) is 0. The first-order valence-electron chi connectivity index (χ1n) is 8.06. The average molecular weight is 423 g/mol. The normalized spacial score (nSPS) is 15.1. The van der Waals surface area contributed by atoms with Gasteiger partial charge in [0.15, 0.2) is 3.95 Å². The Labute approximate surface area is 169 Å². The summed E-state index contributed by atoms with van der Waals surface area (Å²) >= 11 is 8.07. The van der Waals surface area contributed by atoms with Crippen molar-refractivity contribution >= 4 is 64.8 Å². The van der Waals surface area contributed by atoms with Crippen LogP contribution in [-0.4, -0.2) is 46.1 Å². The van der Waals surface area contributed by atoms with Crippen molar-refractivity contribution in [1.82, 2.24) is 4.57 Å². The van der Waals surface area contributed by atoms with Crippen LogP contribution < -0.4 is 4.74 Å². The first-order valence-corrected chi connectivity index (χ1v) is 10.7. The maximum Gasteiger partial charge on any atom is 0.326 e. The highest BCUT2D eigenvalue weighted by Crippen LogP contribution is 2.39. The number of fused-ring (bicyclic) bond motifs is 1. The van der Waals surface area contributed by atoms with Crippen molar-refractivity contribution in [3.8, 4) is 11.6 Å². The number of thiazole rings is 1. The second-order valence-corrected chi connectivity index (χ2v) is 8.46. The number of carbonyl (C=O) groups is 1. The summed E-state index contributed by atoms with van der Waals surface area (Å²) in [5.41, 5.74) is 2.50. The van der Waals surface area contributed by atoms with Gasteiger partial charge in [0.2, 0.25) is 5.88 Å². The lowest BCUT2D eigenvalue weighted by Gasteiger charge is -2.14. The van der Waals surface area contributed by atoms with Crippen LogP contribution in [0, 0.1) is 3.95 Å². The molecule has 142 valence electrons. The monoisotopic (exact) mass is 422 g/mol. The highest BCUT2D eigenvalue weighted by molar-refractivity contribution is 7.98. The minimum absolute atomic E-state index is 0.129. The number of methoxy groups -OCH3 is 1. The van der Waals surface area contributed by atoms with Gasteiger partial charge in [0.05, 0.1) is 17.7 Å². The van der Waals surface area contributed by atoms with Gasteiger partial charge in [0.25, 0.3) is 0 Å². The van der Waals surface area contributed by atoms with E-state index >= 15 is 0 Å². The maximum absolute atomic E-state index is 11.7. The molecule has 2 N–H and O–H groups in total. The number of carboxylic acid groups (broad SMARTS) is 1. The molecule has 1 atom stereocenters. The van der Waals surface area contributed by atoms with E-state index in [9.17, 15) is 15.0 Å². The van der Waals surface area contributed by atoms with Crippen molar-refractivity contribution in [3.63, 3.8) is 0 Å². The van der Waals surface area contributed by atoms with Crippen LogP contribution in [0.1, 0.15) is 22.9 Å². The fraction of sp³-hybridized carbons (Fsp3) is 0.278. The molecule has 0 saturated carbocycles. The fourth-order valence-electron chi connectivity index (χ4n) is 2.81. The zero-order chi connectivity index (χ0) is 19.6. The standard InChI is InChI=1S/C18H18N2O4S3/c1-24-11-3-4-13-12(8-11)10(9-19-13)7-15-16(21)20(18(25)27-15)14(17(22)23)5-6-26-2/h3-4,7-9,14,21H,5-6H2,1-2H3,(H,22,23)/b10-7+. The molecule has 1 aliphatic rings. The Bertz CT molecular complexity index is 991. The molecule has 0 spiro atoms. The Morgan fingerprint density at radius 3 is 2.96 bits per heavy atom. The number of rotatable bonds is 7. The predicted molar refractivity (Wildman–Crippen MR) is 113 cm³/mol. The van der Waals surface area contributed by atoms with Crippen LogP contribution in [0.25, 0.3) is 11.6 Å². The summed E-state index contributed by atoms with van der Waals surface area (Å²) in [5, 5.41) is 20.2. The molecule has 3 rings (SSSR count). The summed E-state index contributed by atoms with van der Waals surface area (Å²) in [6.07, 6.45) is 5.77. The molecule has 27 heavy (non-hydrogen) atoms. The third kappa shape index (κ3) is 3.95. The number of thioether (sulfide) groups is 1. The van der Waals surface area contributed by atoms with Crippen LogP contribution in [0.2, 0.25) is 0 Å². The molecule has 2 heterocycles. The SMILES string of the molecule is COc1ccc2c(c1)/C(=C/c1sc(=S)n(C(CCSC)C(=O)O)c1O)C=N2. The van der Waals surface area contributed by atoms with E-state index in [1.165, 1.54) is 15.9 Å². The molecule has 0 amide bonds. The molecule has 1 aromatic heterocycles. The van der Waals surface area contributed by atoms with Crippen molar-refractivity contribution in [1.29, 1.82) is 0 Å². The number of ether oxygens (including phenoxy) is 1. The van der Waals surface area contributed by atoms with Crippen LogP contribution in [0.3, 0.4) is 0 Å². The van der Waals surface area contributed by atoms with Crippen LogP contribution in [0.15, 0.2) is 23.2 Å². The van der Waals surface area contributed by atoms with E-state index in [2.05, 4.69) is 4.99 Å². The Hall–Kier alpha value is -2.10. The van der Waals surface area contributed by atoms with Crippen LogP contribution >= 0.6 is 35.3 Å². The van der Waals surface area contributed by atoms with Crippen LogP contribution in [0.5, 0.6) is 11.6 Å². The summed E-state index contributed by atoms with van der Waals surface area (Å²) in [4.78, 5) is 16.5. The molecule has 0 fully saturated rings. The zero-order valence-corrected chi connectivity index (χ0v) is 17.2. The molecule has 9 heteroatoms. The highest BCUT2D eigenvalue weighted by atomic mass is 32.2.